The van der Waals surface area contributed by atoms with Crippen molar-refractivity contribution < 1.29 is 0 Å². The molecule has 1 aliphatic rings. The summed E-state index contributed by atoms with van der Waals surface area (Å²) in [7, 11) is 0. The standard InChI is InChI=1S/C7H11N/c1-6-2-3-7(4-6)5-8/h6-7H,2-4H2,1H3/t6-,7-/m0/s1. The third-order valence-corrected chi connectivity index (χ3v) is 1.88. The second-order valence-electron chi connectivity index (χ2n) is 2.74. The molecule has 0 unspecified atom stereocenters. The van der Waals surface area contributed by atoms with Crippen LogP contribution in [0.2, 0.25) is 0 Å². The molecular weight excluding hydrogens is 98.1 g/mol. The van der Waals surface area contributed by atoms with E-state index in [4.69, 9.17) is 5.26 Å². The van der Waals surface area contributed by atoms with E-state index < -0.39 is 0 Å². The fraction of sp³-hybridized carbons (Fsp3) is 0.857. The number of hydrogen-bond acceptors (Lipinski definition) is 1. The van der Waals surface area contributed by atoms with Gasteiger partial charge < -0.3 is 0 Å². The predicted molar refractivity (Wildman–Crippen MR) is 32.1 cm³/mol. The molecule has 1 aliphatic carbocycles. The van der Waals surface area contributed by atoms with Crippen molar-refractivity contribution in [2.45, 2.75) is 26.2 Å². The maximum Gasteiger partial charge on any atom is 0.0655 e. The quantitative estimate of drug-likeness (QED) is 0.466. The Labute approximate surface area is 50.3 Å². The Morgan fingerprint density at radius 2 is 2.25 bits per heavy atom. The van der Waals surface area contributed by atoms with E-state index in [-0.39, 0.29) is 0 Å². The normalized spacial score (nSPS) is 37.0. The van der Waals surface area contributed by atoms with Gasteiger partial charge in [0.15, 0.2) is 0 Å². The highest BCUT2D eigenvalue weighted by Crippen LogP contribution is 2.29. The second-order valence-corrected chi connectivity index (χ2v) is 2.74. The summed E-state index contributed by atoms with van der Waals surface area (Å²) in [6.07, 6.45) is 3.53. The van der Waals surface area contributed by atoms with Crippen LogP contribution in [0.5, 0.6) is 0 Å². The molecule has 1 nitrogen and oxygen atoms in total. The van der Waals surface area contributed by atoms with Gasteiger partial charge in [-0.3, -0.25) is 0 Å². The van der Waals surface area contributed by atoms with Gasteiger partial charge in [0.05, 0.1) is 6.07 Å². The molecule has 0 aliphatic heterocycles. The Hall–Kier alpha value is -0.510. The highest BCUT2D eigenvalue weighted by atomic mass is 14.3. The Balaban J connectivity index is 2.35. The predicted octanol–water partition coefficient (Wildman–Crippen LogP) is 1.95. The van der Waals surface area contributed by atoms with Gasteiger partial charge in [0.25, 0.3) is 0 Å². The van der Waals surface area contributed by atoms with Gasteiger partial charge in [0, 0.05) is 5.92 Å². The highest BCUT2D eigenvalue weighted by molar-refractivity contribution is 4.88. The van der Waals surface area contributed by atoms with E-state index in [0.29, 0.717) is 5.92 Å². The van der Waals surface area contributed by atoms with Crippen LogP contribution in [0, 0.1) is 23.2 Å². The second kappa shape index (κ2) is 2.17. The van der Waals surface area contributed by atoms with Crippen LogP contribution < -0.4 is 0 Å². The molecule has 1 saturated carbocycles. The van der Waals surface area contributed by atoms with Crippen molar-refractivity contribution in [3.63, 3.8) is 0 Å². The fourth-order valence-corrected chi connectivity index (χ4v) is 1.32. The maximum atomic E-state index is 8.43. The summed E-state index contributed by atoms with van der Waals surface area (Å²) in [5.74, 6) is 1.18. The molecule has 0 N–H and O–H groups in total. The van der Waals surface area contributed by atoms with E-state index in [1.807, 2.05) is 0 Å². The van der Waals surface area contributed by atoms with Crippen LogP contribution >= 0.6 is 0 Å². The van der Waals surface area contributed by atoms with E-state index in [1.165, 1.54) is 6.42 Å². The molecule has 0 aromatic carbocycles. The molecule has 0 spiro atoms. The molecule has 0 aromatic rings. The van der Waals surface area contributed by atoms with Crippen LogP contribution in [0.15, 0.2) is 0 Å². The smallest absolute Gasteiger partial charge is 0.0655 e. The summed E-state index contributed by atoms with van der Waals surface area (Å²) in [4.78, 5) is 0. The molecule has 0 aromatic heterocycles. The van der Waals surface area contributed by atoms with Crippen LogP contribution in [-0.4, -0.2) is 0 Å². The molecular formula is C7H11N. The number of nitriles is 1. The first kappa shape index (κ1) is 5.62. The van der Waals surface area contributed by atoms with E-state index in [2.05, 4.69) is 13.0 Å². The Morgan fingerprint density at radius 1 is 1.50 bits per heavy atom. The van der Waals surface area contributed by atoms with Crippen molar-refractivity contribution in [2.75, 3.05) is 0 Å². The summed E-state index contributed by atoms with van der Waals surface area (Å²) in [6, 6.07) is 2.29. The van der Waals surface area contributed by atoms with Gasteiger partial charge in [0.1, 0.15) is 0 Å². The fourth-order valence-electron chi connectivity index (χ4n) is 1.32. The van der Waals surface area contributed by atoms with Crippen LogP contribution in [-0.2, 0) is 0 Å². The minimum absolute atomic E-state index is 0.380. The van der Waals surface area contributed by atoms with Crippen molar-refractivity contribution in [2.24, 2.45) is 11.8 Å². The largest absolute Gasteiger partial charge is 0.198 e. The lowest BCUT2D eigenvalue weighted by Crippen LogP contribution is -1.87. The van der Waals surface area contributed by atoms with Crippen LogP contribution in [0.1, 0.15) is 26.2 Å². The van der Waals surface area contributed by atoms with Gasteiger partial charge in [-0.05, 0) is 25.2 Å². The van der Waals surface area contributed by atoms with Crippen LogP contribution in [0.4, 0.5) is 0 Å². The third kappa shape index (κ3) is 1.01. The molecule has 1 fully saturated rings. The number of rotatable bonds is 0. The van der Waals surface area contributed by atoms with Crippen molar-refractivity contribution >= 4 is 0 Å². The first-order valence-corrected chi connectivity index (χ1v) is 3.22. The van der Waals surface area contributed by atoms with Gasteiger partial charge >= 0.3 is 0 Å². The molecule has 44 valence electrons. The van der Waals surface area contributed by atoms with Gasteiger partial charge in [-0.15, -0.1) is 0 Å². The minimum Gasteiger partial charge on any atom is -0.198 e. The zero-order valence-corrected chi connectivity index (χ0v) is 5.22. The van der Waals surface area contributed by atoms with Gasteiger partial charge in [-0.25, -0.2) is 0 Å². The molecule has 1 heteroatoms. The van der Waals surface area contributed by atoms with Gasteiger partial charge in [-0.2, -0.15) is 5.26 Å². The lowest BCUT2D eigenvalue weighted by molar-refractivity contribution is 0.590. The Morgan fingerprint density at radius 3 is 2.50 bits per heavy atom. The SMILES string of the molecule is C[C@H]1CC[C@H](C#N)C1. The van der Waals surface area contributed by atoms with Crippen molar-refractivity contribution in [3.8, 4) is 6.07 Å². The number of nitrogens with zero attached hydrogens (tertiary/aromatic N) is 1. The van der Waals surface area contributed by atoms with E-state index >= 15 is 0 Å². The summed E-state index contributed by atoms with van der Waals surface area (Å²) in [6.45, 7) is 2.22. The summed E-state index contributed by atoms with van der Waals surface area (Å²) < 4.78 is 0. The first-order chi connectivity index (χ1) is 3.83. The minimum atomic E-state index is 0.380. The van der Waals surface area contributed by atoms with Crippen LogP contribution in [0.25, 0.3) is 0 Å². The zero-order valence-electron chi connectivity index (χ0n) is 5.22. The Bertz CT molecular complexity index is 112. The van der Waals surface area contributed by atoms with Gasteiger partial charge in [0.2, 0.25) is 0 Å². The van der Waals surface area contributed by atoms with Crippen molar-refractivity contribution in [3.05, 3.63) is 0 Å². The topological polar surface area (TPSA) is 23.8 Å². The monoisotopic (exact) mass is 109 g/mol. The number of hydrogen-bond donors (Lipinski definition) is 0. The molecule has 0 amide bonds. The molecule has 0 heterocycles. The van der Waals surface area contributed by atoms with E-state index in [0.717, 1.165) is 18.8 Å². The summed E-state index contributed by atoms with van der Waals surface area (Å²) >= 11 is 0. The summed E-state index contributed by atoms with van der Waals surface area (Å²) in [5, 5.41) is 8.43. The van der Waals surface area contributed by atoms with E-state index in [9.17, 15) is 0 Å². The van der Waals surface area contributed by atoms with E-state index in [1.54, 1.807) is 0 Å². The first-order valence-electron chi connectivity index (χ1n) is 3.22. The van der Waals surface area contributed by atoms with Crippen molar-refractivity contribution in [1.29, 1.82) is 5.26 Å². The maximum absolute atomic E-state index is 8.43. The Kier molecular flexibility index (Phi) is 1.53. The molecule has 0 saturated heterocycles. The molecule has 0 bridgehead atoms. The summed E-state index contributed by atoms with van der Waals surface area (Å²) in [5.41, 5.74) is 0. The molecule has 8 heavy (non-hydrogen) atoms. The third-order valence-electron chi connectivity index (χ3n) is 1.88. The van der Waals surface area contributed by atoms with Gasteiger partial charge in [-0.1, -0.05) is 6.92 Å². The van der Waals surface area contributed by atoms with Crippen LogP contribution in [0.3, 0.4) is 0 Å². The average Bonchev–Trinajstić information content (AvgIpc) is 2.14. The lowest BCUT2D eigenvalue weighted by Gasteiger charge is -1.94. The molecule has 0 radical (unpaired) electrons. The lowest BCUT2D eigenvalue weighted by atomic mass is 10.1. The van der Waals surface area contributed by atoms with Crippen molar-refractivity contribution in [1.82, 2.24) is 0 Å². The molecule has 2 atom stereocenters. The highest BCUT2D eigenvalue weighted by Gasteiger charge is 2.19. The average molecular weight is 109 g/mol. The molecule has 1 rings (SSSR count). The zero-order chi connectivity index (χ0) is 5.98.